The van der Waals surface area contributed by atoms with E-state index in [4.69, 9.17) is 10.5 Å². The molecule has 0 aliphatic rings. The summed E-state index contributed by atoms with van der Waals surface area (Å²) in [7, 11) is 0. The van der Waals surface area contributed by atoms with E-state index in [-0.39, 0.29) is 31.3 Å². The number of primary amides is 1. The van der Waals surface area contributed by atoms with Crippen LogP contribution in [0.15, 0.2) is 54.6 Å². The van der Waals surface area contributed by atoms with Crippen LogP contribution >= 0.6 is 11.8 Å². The van der Waals surface area contributed by atoms with Gasteiger partial charge in [0.15, 0.2) is 0 Å². The molecule has 3 unspecified atom stereocenters. The van der Waals surface area contributed by atoms with Gasteiger partial charge in [0.2, 0.25) is 17.7 Å². The van der Waals surface area contributed by atoms with Crippen molar-refractivity contribution in [3.05, 3.63) is 65.7 Å². The van der Waals surface area contributed by atoms with E-state index >= 15 is 0 Å². The van der Waals surface area contributed by atoms with Crippen LogP contribution in [0.1, 0.15) is 37.3 Å². The van der Waals surface area contributed by atoms with Crippen LogP contribution in [0.4, 0.5) is 0 Å². The Labute approximate surface area is 217 Å². The van der Waals surface area contributed by atoms with Crippen LogP contribution in [-0.2, 0) is 27.4 Å². The molecule has 2 aromatic carbocycles. The standard InChI is InChI=1S/C27H37N3O5S/c1-19(26(28)33)8-13-25(32)30-24(27(34)29-22(17-31)14-15-36-2)16-20-9-11-23(12-10-20)35-18-21-6-4-3-5-7-21/h3-7,9-12,19,22,24,31H,8,13-18H2,1-2H3,(H2,28,33)(H,29,34)(H,30,32). The number of ether oxygens (including phenoxy) is 1. The highest BCUT2D eigenvalue weighted by atomic mass is 32.2. The molecule has 0 bridgehead atoms. The Balaban J connectivity index is 2.03. The summed E-state index contributed by atoms with van der Waals surface area (Å²) in [5, 5.41) is 15.3. The quantitative estimate of drug-likeness (QED) is 0.272. The molecule has 0 aliphatic carbocycles. The second kappa shape index (κ2) is 15.9. The van der Waals surface area contributed by atoms with E-state index in [1.165, 1.54) is 0 Å². The second-order valence-corrected chi connectivity index (χ2v) is 9.74. The predicted octanol–water partition coefficient (Wildman–Crippen LogP) is 2.42. The Morgan fingerprint density at radius 1 is 1.00 bits per heavy atom. The average Bonchev–Trinajstić information content (AvgIpc) is 2.89. The molecular formula is C27H37N3O5S. The van der Waals surface area contributed by atoms with Gasteiger partial charge in [0.25, 0.3) is 0 Å². The summed E-state index contributed by atoms with van der Waals surface area (Å²) in [5.41, 5.74) is 7.19. The fourth-order valence-electron chi connectivity index (χ4n) is 3.43. The summed E-state index contributed by atoms with van der Waals surface area (Å²) in [4.78, 5) is 36.9. The van der Waals surface area contributed by atoms with Crippen molar-refractivity contribution < 1.29 is 24.2 Å². The summed E-state index contributed by atoms with van der Waals surface area (Å²) in [6.07, 6.45) is 3.22. The Hall–Kier alpha value is -3.04. The third-order valence-electron chi connectivity index (χ3n) is 5.79. The van der Waals surface area contributed by atoms with Gasteiger partial charge in [-0.15, -0.1) is 0 Å². The molecule has 0 heterocycles. The highest BCUT2D eigenvalue weighted by molar-refractivity contribution is 7.98. The maximum atomic E-state index is 13.0. The molecule has 0 aromatic heterocycles. The molecule has 3 atom stereocenters. The number of aliphatic hydroxyl groups excluding tert-OH is 1. The molecule has 0 saturated heterocycles. The van der Waals surface area contributed by atoms with Crippen LogP contribution in [0.5, 0.6) is 5.75 Å². The molecule has 8 nitrogen and oxygen atoms in total. The molecular weight excluding hydrogens is 478 g/mol. The molecule has 9 heteroatoms. The van der Waals surface area contributed by atoms with Crippen molar-refractivity contribution in [2.75, 3.05) is 18.6 Å². The SMILES string of the molecule is CSCCC(CO)NC(=O)C(Cc1ccc(OCc2ccccc2)cc1)NC(=O)CCC(C)C(N)=O. The number of carbonyl (C=O) groups excluding carboxylic acids is 3. The van der Waals surface area contributed by atoms with Gasteiger partial charge in [-0.2, -0.15) is 11.8 Å². The molecule has 2 aromatic rings. The monoisotopic (exact) mass is 515 g/mol. The van der Waals surface area contributed by atoms with Gasteiger partial charge >= 0.3 is 0 Å². The van der Waals surface area contributed by atoms with Crippen molar-refractivity contribution in [2.24, 2.45) is 11.7 Å². The number of hydrogen-bond acceptors (Lipinski definition) is 6. The summed E-state index contributed by atoms with van der Waals surface area (Å²) < 4.78 is 5.83. The number of nitrogens with two attached hydrogens (primary N) is 1. The number of benzene rings is 2. The van der Waals surface area contributed by atoms with E-state index in [9.17, 15) is 19.5 Å². The molecule has 0 aliphatic heterocycles. The molecule has 5 N–H and O–H groups in total. The number of rotatable bonds is 16. The van der Waals surface area contributed by atoms with Gasteiger partial charge < -0.3 is 26.2 Å². The maximum absolute atomic E-state index is 13.0. The van der Waals surface area contributed by atoms with Gasteiger partial charge in [-0.25, -0.2) is 0 Å². The third kappa shape index (κ3) is 10.7. The summed E-state index contributed by atoms with van der Waals surface area (Å²) in [5.74, 6) is -0.113. The molecule has 196 valence electrons. The summed E-state index contributed by atoms with van der Waals surface area (Å²) in [6.45, 7) is 1.93. The van der Waals surface area contributed by atoms with E-state index in [1.807, 2.05) is 60.9 Å². The lowest BCUT2D eigenvalue weighted by Crippen LogP contribution is -2.51. The van der Waals surface area contributed by atoms with Crippen molar-refractivity contribution >= 4 is 29.5 Å². The Morgan fingerprint density at radius 3 is 2.31 bits per heavy atom. The minimum Gasteiger partial charge on any atom is -0.489 e. The lowest BCUT2D eigenvalue weighted by Gasteiger charge is -2.23. The number of nitrogens with one attached hydrogen (secondary N) is 2. The van der Waals surface area contributed by atoms with E-state index < -0.39 is 23.9 Å². The van der Waals surface area contributed by atoms with Crippen LogP contribution in [0.2, 0.25) is 0 Å². The lowest BCUT2D eigenvalue weighted by molar-refractivity contribution is -0.130. The molecule has 0 fully saturated rings. The summed E-state index contributed by atoms with van der Waals surface area (Å²) in [6, 6.07) is 16.0. The minimum absolute atomic E-state index is 0.0794. The molecule has 2 rings (SSSR count). The highest BCUT2D eigenvalue weighted by Crippen LogP contribution is 2.16. The van der Waals surface area contributed by atoms with Gasteiger partial charge in [0.1, 0.15) is 18.4 Å². The van der Waals surface area contributed by atoms with Gasteiger partial charge in [0, 0.05) is 18.8 Å². The van der Waals surface area contributed by atoms with Crippen LogP contribution in [0, 0.1) is 5.92 Å². The number of hydrogen-bond donors (Lipinski definition) is 4. The zero-order chi connectivity index (χ0) is 26.3. The van der Waals surface area contributed by atoms with E-state index in [2.05, 4.69) is 10.6 Å². The number of aliphatic hydroxyl groups is 1. The first-order valence-electron chi connectivity index (χ1n) is 12.1. The second-order valence-electron chi connectivity index (χ2n) is 8.75. The van der Waals surface area contributed by atoms with E-state index in [1.54, 1.807) is 18.7 Å². The zero-order valence-corrected chi connectivity index (χ0v) is 21.8. The fraction of sp³-hybridized carbons (Fsp3) is 0.444. The predicted molar refractivity (Wildman–Crippen MR) is 142 cm³/mol. The van der Waals surface area contributed by atoms with Crippen LogP contribution in [0.3, 0.4) is 0 Å². The molecule has 36 heavy (non-hydrogen) atoms. The van der Waals surface area contributed by atoms with Crippen LogP contribution in [0.25, 0.3) is 0 Å². The molecule has 0 saturated carbocycles. The number of carbonyl (C=O) groups is 3. The third-order valence-corrected chi connectivity index (χ3v) is 6.43. The number of amides is 3. The van der Waals surface area contributed by atoms with Crippen molar-refractivity contribution in [2.45, 2.75) is 51.3 Å². The first-order chi connectivity index (χ1) is 17.3. The average molecular weight is 516 g/mol. The largest absolute Gasteiger partial charge is 0.489 e. The molecule has 0 radical (unpaired) electrons. The van der Waals surface area contributed by atoms with Crippen LogP contribution < -0.4 is 21.1 Å². The Kier molecular flexibility index (Phi) is 12.9. The topological polar surface area (TPSA) is 131 Å². The van der Waals surface area contributed by atoms with Crippen molar-refractivity contribution in [1.29, 1.82) is 0 Å². The Bertz CT molecular complexity index is 956. The lowest BCUT2D eigenvalue weighted by atomic mass is 10.0. The molecule has 0 spiro atoms. The number of thioether (sulfide) groups is 1. The highest BCUT2D eigenvalue weighted by Gasteiger charge is 2.24. The first-order valence-corrected chi connectivity index (χ1v) is 13.5. The zero-order valence-electron chi connectivity index (χ0n) is 20.9. The van der Waals surface area contributed by atoms with Crippen LogP contribution in [-0.4, -0.2) is 53.5 Å². The van der Waals surface area contributed by atoms with Crippen molar-refractivity contribution in [1.82, 2.24) is 10.6 Å². The van der Waals surface area contributed by atoms with Crippen molar-refractivity contribution in [3.63, 3.8) is 0 Å². The maximum Gasteiger partial charge on any atom is 0.243 e. The van der Waals surface area contributed by atoms with Gasteiger partial charge in [-0.05, 0) is 48.1 Å². The first kappa shape index (κ1) is 29.2. The van der Waals surface area contributed by atoms with Gasteiger partial charge in [-0.1, -0.05) is 49.4 Å². The normalized spacial score (nSPS) is 13.3. The molecule has 3 amide bonds. The van der Waals surface area contributed by atoms with Crippen molar-refractivity contribution in [3.8, 4) is 5.75 Å². The fourth-order valence-corrected chi connectivity index (χ4v) is 3.96. The minimum atomic E-state index is -0.833. The van der Waals surface area contributed by atoms with E-state index in [0.717, 1.165) is 16.9 Å². The van der Waals surface area contributed by atoms with Gasteiger partial charge in [0.05, 0.1) is 12.6 Å². The van der Waals surface area contributed by atoms with Gasteiger partial charge in [-0.3, -0.25) is 14.4 Å². The van der Waals surface area contributed by atoms with E-state index in [0.29, 0.717) is 25.2 Å². The summed E-state index contributed by atoms with van der Waals surface area (Å²) >= 11 is 1.63. The Morgan fingerprint density at radius 2 is 1.69 bits per heavy atom. The smallest absolute Gasteiger partial charge is 0.243 e.